The molecule has 0 bridgehead atoms. The van der Waals surface area contributed by atoms with Gasteiger partial charge >= 0.3 is 0 Å². The van der Waals surface area contributed by atoms with Gasteiger partial charge in [-0.15, -0.1) is 0 Å². The van der Waals surface area contributed by atoms with Crippen LogP contribution in [0.5, 0.6) is 0 Å². The number of carbonyl (C=O) groups excluding carboxylic acids is 2. The molecule has 1 aromatic heterocycles. The summed E-state index contributed by atoms with van der Waals surface area (Å²) in [5, 5.41) is 6.37. The van der Waals surface area contributed by atoms with Crippen molar-refractivity contribution in [3.05, 3.63) is 59.4 Å². The Kier molecular flexibility index (Phi) is 6.31. The third-order valence-electron chi connectivity index (χ3n) is 4.34. The van der Waals surface area contributed by atoms with E-state index in [4.69, 9.17) is 11.6 Å². The minimum absolute atomic E-state index is 0.0306. The monoisotopic (exact) mass is 398 g/mol. The van der Waals surface area contributed by atoms with Crippen molar-refractivity contribution in [3.63, 3.8) is 0 Å². The molecule has 0 saturated heterocycles. The van der Waals surface area contributed by atoms with Gasteiger partial charge in [0.1, 0.15) is 12.4 Å². The molecule has 0 aliphatic carbocycles. The minimum Gasteiger partial charge on any atom is -0.346 e. The van der Waals surface area contributed by atoms with Crippen LogP contribution in [0.15, 0.2) is 48.5 Å². The summed E-state index contributed by atoms with van der Waals surface area (Å²) in [6.07, 6.45) is 1.23. The maximum atomic E-state index is 12.6. The first-order valence-electron chi connectivity index (χ1n) is 9.28. The van der Waals surface area contributed by atoms with Crippen LogP contribution in [0.1, 0.15) is 38.6 Å². The number of benzene rings is 2. The molecule has 0 aliphatic heterocycles. The second-order valence-electron chi connectivity index (χ2n) is 6.64. The number of amides is 2. The average Bonchev–Trinajstić information content (AvgIpc) is 3.00. The Morgan fingerprint density at radius 3 is 2.68 bits per heavy atom. The molecule has 0 radical (unpaired) electrons. The molecule has 6 nitrogen and oxygen atoms in total. The number of imidazole rings is 1. The summed E-state index contributed by atoms with van der Waals surface area (Å²) in [5.41, 5.74) is 2.26. The van der Waals surface area contributed by atoms with E-state index in [1.165, 1.54) is 0 Å². The summed E-state index contributed by atoms with van der Waals surface area (Å²) in [4.78, 5) is 29.3. The van der Waals surface area contributed by atoms with E-state index < -0.39 is 0 Å². The van der Waals surface area contributed by atoms with Crippen LogP contribution in [0.25, 0.3) is 11.0 Å². The van der Waals surface area contributed by atoms with Gasteiger partial charge in [-0.1, -0.05) is 36.7 Å². The van der Waals surface area contributed by atoms with Crippen LogP contribution in [-0.2, 0) is 16.1 Å². The van der Waals surface area contributed by atoms with Crippen LogP contribution >= 0.6 is 11.6 Å². The van der Waals surface area contributed by atoms with Crippen LogP contribution in [0.4, 0.5) is 5.69 Å². The summed E-state index contributed by atoms with van der Waals surface area (Å²) in [7, 11) is 0. The van der Waals surface area contributed by atoms with Gasteiger partial charge in [0.25, 0.3) is 0 Å². The molecular weight excluding hydrogens is 376 g/mol. The molecule has 28 heavy (non-hydrogen) atoms. The maximum Gasteiger partial charge on any atom is 0.244 e. The molecule has 2 N–H and O–H groups in total. The highest BCUT2D eigenvalue weighted by Crippen LogP contribution is 2.22. The standard InChI is InChI=1S/C21H23ClN4O2/c1-3-7-19(27)23-14(2)21-25-17-10-4-5-11-18(17)26(21)13-20(28)24-16-9-6-8-15(22)12-16/h4-6,8-12,14H,3,7,13H2,1-2H3,(H,23,27)(H,24,28). The van der Waals surface area contributed by atoms with Gasteiger partial charge in [-0.25, -0.2) is 4.98 Å². The normalized spacial score (nSPS) is 12.0. The number of rotatable bonds is 7. The molecule has 1 unspecified atom stereocenters. The summed E-state index contributed by atoms with van der Waals surface area (Å²) < 4.78 is 1.84. The second-order valence-corrected chi connectivity index (χ2v) is 7.08. The molecule has 1 atom stereocenters. The van der Waals surface area contributed by atoms with Gasteiger partial charge < -0.3 is 15.2 Å². The van der Waals surface area contributed by atoms with Crippen molar-refractivity contribution < 1.29 is 9.59 Å². The Balaban J connectivity index is 1.86. The molecule has 7 heteroatoms. The van der Waals surface area contributed by atoms with Gasteiger partial charge in [-0.3, -0.25) is 9.59 Å². The van der Waals surface area contributed by atoms with Gasteiger partial charge in [0.15, 0.2) is 0 Å². The van der Waals surface area contributed by atoms with Gasteiger partial charge in [0, 0.05) is 17.1 Å². The number of halogens is 1. The van der Waals surface area contributed by atoms with Gasteiger partial charge in [0.05, 0.1) is 17.1 Å². The number of para-hydroxylation sites is 2. The van der Waals surface area contributed by atoms with Crippen molar-refractivity contribution in [2.45, 2.75) is 39.3 Å². The molecule has 0 aliphatic rings. The van der Waals surface area contributed by atoms with Crippen LogP contribution < -0.4 is 10.6 Å². The van der Waals surface area contributed by atoms with E-state index in [1.54, 1.807) is 24.3 Å². The number of fused-ring (bicyclic) bond motifs is 1. The Morgan fingerprint density at radius 2 is 1.93 bits per heavy atom. The quantitative estimate of drug-likeness (QED) is 0.622. The molecule has 0 spiro atoms. The Hall–Kier alpha value is -2.86. The molecule has 2 aromatic carbocycles. The molecule has 2 amide bonds. The van der Waals surface area contributed by atoms with Crippen molar-refractivity contribution in [3.8, 4) is 0 Å². The molecular formula is C21H23ClN4O2. The minimum atomic E-state index is -0.314. The topological polar surface area (TPSA) is 76.0 Å². The van der Waals surface area contributed by atoms with Crippen molar-refractivity contribution in [2.24, 2.45) is 0 Å². The third kappa shape index (κ3) is 4.70. The lowest BCUT2D eigenvalue weighted by Crippen LogP contribution is -2.29. The molecule has 0 fully saturated rings. The highest BCUT2D eigenvalue weighted by Gasteiger charge is 2.19. The Labute approximate surface area is 168 Å². The van der Waals surface area contributed by atoms with Gasteiger partial charge in [0.2, 0.25) is 11.8 Å². The maximum absolute atomic E-state index is 12.6. The lowest BCUT2D eigenvalue weighted by Gasteiger charge is -2.16. The van der Waals surface area contributed by atoms with Crippen LogP contribution in [-0.4, -0.2) is 21.4 Å². The number of carbonyl (C=O) groups is 2. The largest absolute Gasteiger partial charge is 0.346 e. The number of nitrogens with zero attached hydrogens (tertiary/aromatic N) is 2. The average molecular weight is 399 g/mol. The molecule has 0 saturated carbocycles. The zero-order chi connectivity index (χ0) is 20.1. The zero-order valence-corrected chi connectivity index (χ0v) is 16.7. The zero-order valence-electron chi connectivity index (χ0n) is 15.9. The van der Waals surface area contributed by atoms with Crippen molar-refractivity contribution in [2.75, 3.05) is 5.32 Å². The molecule has 3 rings (SSSR count). The van der Waals surface area contributed by atoms with Gasteiger partial charge in [-0.2, -0.15) is 0 Å². The number of hydrogen-bond donors (Lipinski definition) is 2. The van der Waals surface area contributed by atoms with E-state index in [-0.39, 0.29) is 24.4 Å². The smallest absolute Gasteiger partial charge is 0.244 e. The lowest BCUT2D eigenvalue weighted by molar-refractivity contribution is -0.121. The fourth-order valence-corrected chi connectivity index (χ4v) is 3.30. The summed E-state index contributed by atoms with van der Waals surface area (Å²) >= 11 is 5.98. The van der Waals surface area contributed by atoms with Crippen LogP contribution in [0.2, 0.25) is 5.02 Å². The van der Waals surface area contributed by atoms with Crippen molar-refractivity contribution >= 4 is 40.1 Å². The SMILES string of the molecule is CCCC(=O)NC(C)c1nc2ccccc2n1CC(=O)Nc1cccc(Cl)c1. The van der Waals surface area contributed by atoms with E-state index in [1.807, 2.05) is 42.7 Å². The van der Waals surface area contributed by atoms with Crippen molar-refractivity contribution in [1.29, 1.82) is 0 Å². The predicted molar refractivity (Wildman–Crippen MR) is 111 cm³/mol. The van der Waals surface area contributed by atoms with E-state index in [9.17, 15) is 9.59 Å². The van der Waals surface area contributed by atoms with Crippen LogP contribution in [0, 0.1) is 0 Å². The number of aromatic nitrogens is 2. The summed E-state index contributed by atoms with van der Waals surface area (Å²) in [5.74, 6) is 0.419. The second kappa shape index (κ2) is 8.89. The Morgan fingerprint density at radius 1 is 1.14 bits per heavy atom. The summed E-state index contributed by atoms with van der Waals surface area (Å²) in [6, 6.07) is 14.3. The number of anilines is 1. The lowest BCUT2D eigenvalue weighted by atomic mass is 10.2. The third-order valence-corrected chi connectivity index (χ3v) is 4.57. The summed E-state index contributed by atoms with van der Waals surface area (Å²) in [6.45, 7) is 3.91. The van der Waals surface area contributed by atoms with Crippen molar-refractivity contribution in [1.82, 2.24) is 14.9 Å². The van der Waals surface area contributed by atoms with Gasteiger partial charge in [-0.05, 0) is 43.7 Å². The highest BCUT2D eigenvalue weighted by molar-refractivity contribution is 6.30. The first-order valence-corrected chi connectivity index (χ1v) is 9.65. The van der Waals surface area contributed by atoms with Crippen LogP contribution in [0.3, 0.4) is 0 Å². The first kappa shape index (κ1) is 19.9. The van der Waals surface area contributed by atoms with E-state index in [0.717, 1.165) is 17.5 Å². The van der Waals surface area contributed by atoms with E-state index >= 15 is 0 Å². The highest BCUT2D eigenvalue weighted by atomic mass is 35.5. The molecule has 146 valence electrons. The van der Waals surface area contributed by atoms with E-state index in [0.29, 0.717) is 23.0 Å². The molecule has 1 heterocycles. The van der Waals surface area contributed by atoms with E-state index in [2.05, 4.69) is 15.6 Å². The fourth-order valence-electron chi connectivity index (χ4n) is 3.11. The number of nitrogens with one attached hydrogen (secondary N) is 2. The predicted octanol–water partition coefficient (Wildman–Crippen LogP) is 4.31. The first-order chi connectivity index (χ1) is 13.5. The Bertz CT molecular complexity index is 999. The molecule has 3 aromatic rings. The fraction of sp³-hybridized carbons (Fsp3) is 0.286. The number of hydrogen-bond acceptors (Lipinski definition) is 3.